The number of carbonyl (C=O) groups is 1. The summed E-state index contributed by atoms with van der Waals surface area (Å²) in [6.07, 6.45) is 4.34. The molecule has 0 N–H and O–H groups in total. The summed E-state index contributed by atoms with van der Waals surface area (Å²) in [6, 6.07) is 0.159. The summed E-state index contributed by atoms with van der Waals surface area (Å²) >= 11 is 5.73. The average Bonchev–Trinajstić information content (AvgIpc) is 2.11. The molecule has 1 aliphatic rings. The zero-order chi connectivity index (χ0) is 14.1. The highest BCUT2D eigenvalue weighted by Crippen LogP contribution is 2.45. The van der Waals surface area contributed by atoms with Gasteiger partial charge in [0.2, 0.25) is 5.91 Å². The molecule has 0 bridgehead atoms. The molecular formula is C15H26ClNO. The molecule has 0 unspecified atom stereocenters. The van der Waals surface area contributed by atoms with Gasteiger partial charge < -0.3 is 4.90 Å². The molecule has 0 heterocycles. The van der Waals surface area contributed by atoms with Gasteiger partial charge >= 0.3 is 0 Å². The van der Waals surface area contributed by atoms with Crippen LogP contribution in [-0.2, 0) is 4.79 Å². The number of hydrogen-bond donors (Lipinski definition) is 0. The molecule has 0 saturated heterocycles. The van der Waals surface area contributed by atoms with E-state index in [1.54, 1.807) is 0 Å². The first-order chi connectivity index (χ1) is 8.08. The lowest BCUT2D eigenvalue weighted by Gasteiger charge is -2.43. The van der Waals surface area contributed by atoms with E-state index in [1.807, 2.05) is 18.7 Å². The van der Waals surface area contributed by atoms with Gasteiger partial charge in [-0.15, -0.1) is 11.6 Å². The van der Waals surface area contributed by atoms with E-state index in [9.17, 15) is 4.79 Å². The van der Waals surface area contributed by atoms with Crippen molar-refractivity contribution in [3.63, 3.8) is 0 Å². The van der Waals surface area contributed by atoms with E-state index < -0.39 is 0 Å². The maximum Gasteiger partial charge on any atom is 0.241 e. The Labute approximate surface area is 116 Å². The van der Waals surface area contributed by atoms with Gasteiger partial charge in [-0.1, -0.05) is 33.8 Å². The van der Waals surface area contributed by atoms with E-state index in [-0.39, 0.29) is 28.7 Å². The van der Waals surface area contributed by atoms with E-state index in [1.165, 1.54) is 0 Å². The lowest BCUT2D eigenvalue weighted by Crippen LogP contribution is -2.41. The first-order valence-corrected chi connectivity index (χ1v) is 7.21. The van der Waals surface area contributed by atoms with Gasteiger partial charge in [0, 0.05) is 11.7 Å². The Morgan fingerprint density at radius 2 is 1.94 bits per heavy atom. The van der Waals surface area contributed by atoms with Crippen LogP contribution in [0, 0.1) is 10.8 Å². The predicted octanol–water partition coefficient (Wildman–Crippen LogP) is 4.19. The zero-order valence-corrected chi connectivity index (χ0v) is 13.3. The van der Waals surface area contributed by atoms with Crippen molar-refractivity contribution in [2.45, 2.75) is 60.4 Å². The molecule has 0 atom stereocenters. The standard InChI is InChI=1S/C15H26ClNO/c1-11(2)17(13(18)9-16)12-7-14(3,4)10-15(5,6)8-12/h7,11H,8-10H2,1-6H3. The number of halogens is 1. The molecule has 3 heteroatoms. The fraction of sp³-hybridized carbons (Fsp3) is 0.800. The number of allylic oxidation sites excluding steroid dienone is 2. The SMILES string of the molecule is CC(C)N(C(=O)CCl)C1=CC(C)(C)CC(C)(C)C1. The van der Waals surface area contributed by atoms with Crippen LogP contribution in [0.3, 0.4) is 0 Å². The lowest BCUT2D eigenvalue weighted by molar-refractivity contribution is -0.128. The smallest absolute Gasteiger partial charge is 0.241 e. The van der Waals surface area contributed by atoms with Gasteiger partial charge in [-0.25, -0.2) is 0 Å². The summed E-state index contributed by atoms with van der Waals surface area (Å²) in [5, 5.41) is 0. The van der Waals surface area contributed by atoms with Crippen LogP contribution in [-0.4, -0.2) is 22.7 Å². The van der Waals surface area contributed by atoms with E-state index in [0.29, 0.717) is 0 Å². The van der Waals surface area contributed by atoms with E-state index in [2.05, 4.69) is 33.8 Å². The third-order valence-electron chi connectivity index (χ3n) is 3.36. The lowest BCUT2D eigenvalue weighted by atomic mass is 9.68. The van der Waals surface area contributed by atoms with Crippen molar-refractivity contribution in [1.29, 1.82) is 0 Å². The predicted molar refractivity (Wildman–Crippen MR) is 77.6 cm³/mol. The highest BCUT2D eigenvalue weighted by molar-refractivity contribution is 6.27. The molecular weight excluding hydrogens is 246 g/mol. The van der Waals surface area contributed by atoms with Crippen LogP contribution in [0.2, 0.25) is 0 Å². The molecule has 18 heavy (non-hydrogen) atoms. The Kier molecular flexibility index (Phi) is 4.53. The Morgan fingerprint density at radius 1 is 1.39 bits per heavy atom. The second-order valence-corrected chi connectivity index (χ2v) is 7.40. The first-order valence-electron chi connectivity index (χ1n) is 6.68. The highest BCUT2D eigenvalue weighted by Gasteiger charge is 2.36. The van der Waals surface area contributed by atoms with Crippen molar-refractivity contribution in [2.24, 2.45) is 10.8 Å². The van der Waals surface area contributed by atoms with E-state index in [4.69, 9.17) is 11.6 Å². The van der Waals surface area contributed by atoms with Gasteiger partial charge in [-0.05, 0) is 37.5 Å². The number of nitrogens with zero attached hydrogens (tertiary/aromatic N) is 1. The summed E-state index contributed by atoms with van der Waals surface area (Å²) in [6.45, 7) is 13.1. The first kappa shape index (κ1) is 15.6. The number of alkyl halides is 1. The van der Waals surface area contributed by atoms with Crippen molar-refractivity contribution in [3.8, 4) is 0 Å². The van der Waals surface area contributed by atoms with Crippen LogP contribution in [0.25, 0.3) is 0 Å². The third-order valence-corrected chi connectivity index (χ3v) is 3.59. The maximum atomic E-state index is 12.0. The molecule has 104 valence electrons. The number of amides is 1. The minimum Gasteiger partial charge on any atom is -0.313 e. The zero-order valence-electron chi connectivity index (χ0n) is 12.5. The van der Waals surface area contributed by atoms with Crippen molar-refractivity contribution in [2.75, 3.05) is 5.88 Å². The van der Waals surface area contributed by atoms with Crippen LogP contribution in [0.5, 0.6) is 0 Å². The molecule has 0 saturated carbocycles. The molecule has 1 aliphatic carbocycles. The Morgan fingerprint density at radius 3 is 2.33 bits per heavy atom. The molecule has 0 fully saturated rings. The molecule has 1 amide bonds. The van der Waals surface area contributed by atoms with Crippen molar-refractivity contribution >= 4 is 17.5 Å². The Hall–Kier alpha value is -0.500. The average molecular weight is 272 g/mol. The molecule has 0 aromatic carbocycles. The van der Waals surface area contributed by atoms with Crippen LogP contribution >= 0.6 is 11.6 Å². The fourth-order valence-corrected chi connectivity index (χ4v) is 3.47. The quantitative estimate of drug-likeness (QED) is 0.705. The van der Waals surface area contributed by atoms with Crippen molar-refractivity contribution < 1.29 is 4.79 Å². The molecule has 0 aromatic rings. The minimum absolute atomic E-state index is 0.00594. The second-order valence-electron chi connectivity index (χ2n) is 7.13. The molecule has 0 aliphatic heterocycles. The summed E-state index contributed by atoms with van der Waals surface area (Å²) in [7, 11) is 0. The van der Waals surface area contributed by atoms with Gasteiger partial charge in [-0.3, -0.25) is 4.79 Å². The summed E-state index contributed by atoms with van der Waals surface area (Å²) in [5.74, 6) is 0.0579. The van der Waals surface area contributed by atoms with Crippen LogP contribution in [0.4, 0.5) is 0 Å². The number of rotatable bonds is 3. The summed E-state index contributed by atoms with van der Waals surface area (Å²) < 4.78 is 0. The molecule has 2 nitrogen and oxygen atoms in total. The fourth-order valence-electron chi connectivity index (χ4n) is 3.34. The number of hydrogen-bond acceptors (Lipinski definition) is 1. The normalized spacial score (nSPS) is 21.7. The highest BCUT2D eigenvalue weighted by atomic mass is 35.5. The summed E-state index contributed by atoms with van der Waals surface area (Å²) in [5.41, 5.74) is 1.50. The molecule has 0 radical (unpaired) electrons. The topological polar surface area (TPSA) is 20.3 Å². The largest absolute Gasteiger partial charge is 0.313 e. The van der Waals surface area contributed by atoms with E-state index >= 15 is 0 Å². The third kappa shape index (κ3) is 3.74. The van der Waals surface area contributed by atoms with Crippen LogP contribution in [0.1, 0.15) is 54.4 Å². The van der Waals surface area contributed by atoms with Gasteiger partial charge in [0.1, 0.15) is 5.88 Å². The number of carbonyl (C=O) groups excluding carboxylic acids is 1. The van der Waals surface area contributed by atoms with Crippen LogP contribution in [0.15, 0.2) is 11.8 Å². The van der Waals surface area contributed by atoms with E-state index in [0.717, 1.165) is 18.5 Å². The van der Waals surface area contributed by atoms with Crippen LogP contribution < -0.4 is 0 Å². The van der Waals surface area contributed by atoms with Crippen molar-refractivity contribution in [1.82, 2.24) is 4.90 Å². The molecule has 0 aromatic heterocycles. The minimum atomic E-state index is 0.00594. The Balaban J connectivity index is 3.12. The van der Waals surface area contributed by atoms with Gasteiger partial charge in [0.25, 0.3) is 0 Å². The molecule has 1 rings (SSSR count). The molecule has 0 spiro atoms. The maximum absolute atomic E-state index is 12.0. The van der Waals surface area contributed by atoms with Crippen molar-refractivity contribution in [3.05, 3.63) is 11.8 Å². The second kappa shape index (κ2) is 5.24. The monoisotopic (exact) mass is 271 g/mol. The summed E-state index contributed by atoms with van der Waals surface area (Å²) in [4.78, 5) is 13.9. The Bertz CT molecular complexity index is 356. The van der Waals surface area contributed by atoms with Gasteiger partial charge in [0.15, 0.2) is 0 Å². The van der Waals surface area contributed by atoms with Gasteiger partial charge in [-0.2, -0.15) is 0 Å². The van der Waals surface area contributed by atoms with Gasteiger partial charge in [0.05, 0.1) is 0 Å².